The van der Waals surface area contributed by atoms with Crippen molar-refractivity contribution in [1.29, 1.82) is 0 Å². The third-order valence-corrected chi connectivity index (χ3v) is 7.23. The summed E-state index contributed by atoms with van der Waals surface area (Å²) in [6, 6.07) is -1.55. The number of ether oxygens (including phenoxy) is 2. The summed E-state index contributed by atoms with van der Waals surface area (Å²) in [5.41, 5.74) is -3.94. The van der Waals surface area contributed by atoms with Gasteiger partial charge in [0.05, 0.1) is 6.61 Å². The van der Waals surface area contributed by atoms with Crippen molar-refractivity contribution >= 4 is 33.6 Å². The van der Waals surface area contributed by atoms with Crippen LogP contribution < -0.4 is 0 Å². The van der Waals surface area contributed by atoms with Gasteiger partial charge in [0.2, 0.25) is 5.60 Å². The molecule has 0 aliphatic heterocycles. The molecule has 0 unspecified atom stereocenters. The quantitative estimate of drug-likeness (QED) is 0.451. The molecule has 0 aromatic carbocycles. The first-order chi connectivity index (χ1) is 13.1. The fraction of sp³-hybridized carbons (Fsp3) is 0.857. The largest absolute Gasteiger partial charge is 0.464 e. The highest BCUT2D eigenvalue weighted by atomic mass is 79.9. The van der Waals surface area contributed by atoms with Gasteiger partial charge in [-0.2, -0.15) is 0 Å². The van der Waals surface area contributed by atoms with Crippen LogP contribution in [-0.2, 0) is 19.1 Å². The zero-order chi connectivity index (χ0) is 22.4. The predicted molar refractivity (Wildman–Crippen MR) is 113 cm³/mol. The number of hydrogen-bond donors (Lipinski definition) is 2. The highest BCUT2D eigenvalue weighted by Crippen LogP contribution is 2.61. The first-order valence-electron chi connectivity index (χ1n) is 10.1. The van der Waals surface area contributed by atoms with E-state index in [0.717, 1.165) is 6.42 Å². The molecular formula is C21H34BrNO6. The number of carbonyl (C=O) groups excluding carboxylic acids is 2. The van der Waals surface area contributed by atoms with Gasteiger partial charge in [0.25, 0.3) is 0 Å². The van der Waals surface area contributed by atoms with Gasteiger partial charge < -0.3 is 19.7 Å². The summed E-state index contributed by atoms with van der Waals surface area (Å²) in [4.78, 5) is 30.0. The lowest BCUT2D eigenvalue weighted by Crippen LogP contribution is -2.65. The lowest BCUT2D eigenvalue weighted by atomic mass is 9.44. The molecule has 3 aliphatic rings. The number of aliphatic imine (C=N–C) groups is 1. The summed E-state index contributed by atoms with van der Waals surface area (Å²) in [7, 11) is 0. The maximum atomic E-state index is 13.0. The zero-order valence-electron chi connectivity index (χ0n) is 18.4. The van der Waals surface area contributed by atoms with E-state index in [9.17, 15) is 19.8 Å². The van der Waals surface area contributed by atoms with Gasteiger partial charge in [-0.25, -0.2) is 9.59 Å². The highest BCUT2D eigenvalue weighted by molar-refractivity contribution is 9.09. The molecule has 3 rings (SSSR count). The summed E-state index contributed by atoms with van der Waals surface area (Å²) in [6.07, 6.45) is 1.38. The van der Waals surface area contributed by atoms with Gasteiger partial charge in [0.15, 0.2) is 6.04 Å². The molecule has 3 fully saturated rings. The van der Waals surface area contributed by atoms with Crippen LogP contribution in [0.2, 0.25) is 0 Å². The van der Waals surface area contributed by atoms with E-state index in [4.69, 9.17) is 9.47 Å². The molecule has 0 aromatic rings. The van der Waals surface area contributed by atoms with E-state index in [1.165, 1.54) is 0 Å². The van der Waals surface area contributed by atoms with Gasteiger partial charge >= 0.3 is 11.9 Å². The van der Waals surface area contributed by atoms with Crippen LogP contribution in [0.5, 0.6) is 0 Å². The molecular weight excluding hydrogens is 442 g/mol. The molecule has 0 aromatic heterocycles. The fourth-order valence-electron chi connectivity index (χ4n) is 4.50. The van der Waals surface area contributed by atoms with Crippen molar-refractivity contribution in [2.45, 2.75) is 84.2 Å². The average Bonchev–Trinajstić information content (AvgIpc) is 2.57. The van der Waals surface area contributed by atoms with Crippen LogP contribution >= 0.6 is 15.9 Å². The monoisotopic (exact) mass is 475 g/mol. The lowest BCUT2D eigenvalue weighted by molar-refractivity contribution is -0.176. The number of halogens is 1. The number of hydrogen-bond acceptors (Lipinski definition) is 7. The first-order valence-corrected chi connectivity index (χ1v) is 11.2. The standard InChI is InChI=1S/C21H34BrNO6/c1-8-28-17(25)21(27,11-22)15(16(24)29-18(2,3)4)23-14-10-12-9-13(19(12,5)6)20(14,7)26/h12-13,15,26-27H,8-11H2,1-7H3/t12-,13-,15-,20-,21-/m1/s1. The fourth-order valence-corrected chi connectivity index (χ4v) is 5.04. The predicted octanol–water partition coefficient (Wildman–Crippen LogP) is 2.64. The maximum Gasteiger partial charge on any atom is 0.341 e. The molecule has 166 valence electrons. The second-order valence-electron chi connectivity index (χ2n) is 9.95. The smallest absolute Gasteiger partial charge is 0.341 e. The molecule has 2 bridgehead atoms. The Kier molecular flexibility index (Phi) is 6.64. The number of rotatable bonds is 6. The van der Waals surface area contributed by atoms with Crippen LogP contribution in [0, 0.1) is 17.3 Å². The Morgan fingerprint density at radius 2 is 1.90 bits per heavy atom. The van der Waals surface area contributed by atoms with Crippen molar-refractivity contribution < 1.29 is 29.3 Å². The van der Waals surface area contributed by atoms with E-state index in [1.54, 1.807) is 34.6 Å². The molecule has 0 saturated heterocycles. The molecule has 0 radical (unpaired) electrons. The summed E-state index contributed by atoms with van der Waals surface area (Å²) in [5.74, 6) is -1.48. The van der Waals surface area contributed by atoms with Gasteiger partial charge in [0.1, 0.15) is 11.2 Å². The molecule has 29 heavy (non-hydrogen) atoms. The van der Waals surface area contributed by atoms with E-state index in [0.29, 0.717) is 18.1 Å². The Bertz CT molecular complexity index is 696. The van der Waals surface area contributed by atoms with Crippen LogP contribution in [0.15, 0.2) is 4.99 Å². The Morgan fingerprint density at radius 1 is 1.31 bits per heavy atom. The Morgan fingerprint density at radius 3 is 2.31 bits per heavy atom. The number of aliphatic hydroxyl groups is 2. The maximum absolute atomic E-state index is 13.0. The minimum absolute atomic E-state index is 0.00792. The summed E-state index contributed by atoms with van der Waals surface area (Å²) in [5, 5.41) is 22.1. The van der Waals surface area contributed by atoms with E-state index in [-0.39, 0.29) is 23.3 Å². The second-order valence-corrected chi connectivity index (χ2v) is 10.5. The summed E-state index contributed by atoms with van der Waals surface area (Å²) in [6.45, 7) is 12.7. The van der Waals surface area contributed by atoms with Gasteiger partial charge in [-0.3, -0.25) is 4.99 Å². The van der Waals surface area contributed by atoms with Crippen LogP contribution in [0.3, 0.4) is 0 Å². The zero-order valence-corrected chi connectivity index (χ0v) is 20.0. The lowest BCUT2D eigenvalue weighted by Gasteiger charge is -2.62. The molecule has 5 atom stereocenters. The number of fused-ring (bicyclic) bond motifs is 2. The van der Waals surface area contributed by atoms with Crippen molar-refractivity contribution in [3.8, 4) is 0 Å². The van der Waals surface area contributed by atoms with Crippen molar-refractivity contribution in [2.75, 3.05) is 11.9 Å². The van der Waals surface area contributed by atoms with Crippen LogP contribution in [0.25, 0.3) is 0 Å². The van der Waals surface area contributed by atoms with Crippen LogP contribution in [0.4, 0.5) is 0 Å². The molecule has 2 N–H and O–H groups in total. The molecule has 3 aliphatic carbocycles. The van der Waals surface area contributed by atoms with Crippen LogP contribution in [-0.4, -0.2) is 62.6 Å². The van der Waals surface area contributed by atoms with Crippen molar-refractivity contribution in [3.63, 3.8) is 0 Å². The molecule has 0 spiro atoms. The minimum atomic E-state index is -2.25. The Balaban J connectivity index is 2.49. The van der Waals surface area contributed by atoms with E-state index < -0.39 is 34.8 Å². The molecule has 7 nitrogen and oxygen atoms in total. The SMILES string of the molecule is CCOC(=O)[C@@](O)(CBr)[C@H](N=C1C[C@H]2C[C@H](C2(C)C)[C@@]1(C)O)C(=O)OC(C)(C)C. The second kappa shape index (κ2) is 7.93. The normalized spacial score (nSPS) is 32.7. The summed E-state index contributed by atoms with van der Waals surface area (Å²) < 4.78 is 10.5. The highest BCUT2D eigenvalue weighted by Gasteiger charge is 2.62. The number of nitrogens with zero attached hydrogens (tertiary/aromatic N) is 1. The van der Waals surface area contributed by atoms with E-state index >= 15 is 0 Å². The average molecular weight is 476 g/mol. The third-order valence-electron chi connectivity index (χ3n) is 6.37. The van der Waals surface area contributed by atoms with Gasteiger partial charge in [-0.05, 0) is 64.7 Å². The van der Waals surface area contributed by atoms with E-state index in [2.05, 4.69) is 34.8 Å². The van der Waals surface area contributed by atoms with Gasteiger partial charge in [-0.15, -0.1) is 0 Å². The number of alkyl halides is 1. The van der Waals surface area contributed by atoms with Crippen molar-refractivity contribution in [1.82, 2.24) is 0 Å². The Hall–Kier alpha value is -0.990. The van der Waals surface area contributed by atoms with Crippen molar-refractivity contribution in [2.24, 2.45) is 22.2 Å². The third kappa shape index (κ3) is 4.39. The first kappa shape index (κ1) is 24.3. The Labute approximate surface area is 181 Å². The molecule has 0 amide bonds. The molecule has 0 heterocycles. The van der Waals surface area contributed by atoms with E-state index in [1.807, 2.05) is 0 Å². The molecule has 3 saturated carbocycles. The number of esters is 2. The van der Waals surface area contributed by atoms with Gasteiger partial charge in [-0.1, -0.05) is 29.8 Å². The van der Waals surface area contributed by atoms with Crippen LogP contribution in [0.1, 0.15) is 61.3 Å². The topological polar surface area (TPSA) is 105 Å². The minimum Gasteiger partial charge on any atom is -0.464 e. The summed E-state index contributed by atoms with van der Waals surface area (Å²) >= 11 is 3.13. The van der Waals surface area contributed by atoms with Gasteiger partial charge in [0, 0.05) is 11.0 Å². The number of carbonyl (C=O) groups is 2. The van der Waals surface area contributed by atoms with Crippen molar-refractivity contribution in [3.05, 3.63) is 0 Å². The molecule has 8 heteroatoms.